The van der Waals surface area contributed by atoms with E-state index in [1.54, 1.807) is 36.2 Å². The summed E-state index contributed by atoms with van der Waals surface area (Å²) >= 11 is 2.34. The number of carboxylic acid groups (broad SMARTS) is 1. The molecule has 2 atom stereocenters. The summed E-state index contributed by atoms with van der Waals surface area (Å²) in [6, 6.07) is -1.37. The Morgan fingerprint density at radius 3 is 2.02 bits per heavy atom. The van der Waals surface area contributed by atoms with E-state index in [1.807, 2.05) is 39.9 Å². The van der Waals surface area contributed by atoms with Crippen molar-refractivity contribution in [3.8, 4) is 11.8 Å². The molecule has 65 heavy (non-hydrogen) atoms. The summed E-state index contributed by atoms with van der Waals surface area (Å²) in [7, 11) is 5.49. The number of nitrogens with zero attached hydrogens (tertiary/aromatic N) is 4. The van der Waals surface area contributed by atoms with Crippen molar-refractivity contribution in [2.45, 2.75) is 84.2 Å². The quantitative estimate of drug-likeness (QED) is 0.0443. The number of rotatable bonds is 20. The number of β-amino-alcohol motifs (C(OH)–C–C–N with tert-alkyl or cyclic N) is 1. The van der Waals surface area contributed by atoms with Gasteiger partial charge in [0.15, 0.2) is 11.6 Å². The Labute approximate surface area is 391 Å². The van der Waals surface area contributed by atoms with Gasteiger partial charge in [-0.05, 0) is 95.2 Å². The zero-order valence-electron chi connectivity index (χ0n) is 39.1. The van der Waals surface area contributed by atoms with Crippen molar-refractivity contribution in [3.05, 3.63) is 35.3 Å². The molecule has 2 heterocycles. The van der Waals surface area contributed by atoms with Gasteiger partial charge in [-0.25, -0.2) is 9.59 Å². The van der Waals surface area contributed by atoms with E-state index in [-0.39, 0.29) is 84.3 Å². The van der Waals surface area contributed by atoms with Crippen LogP contribution in [0.25, 0.3) is 0 Å². The summed E-state index contributed by atoms with van der Waals surface area (Å²) in [6.45, 7) is 10.3. The lowest BCUT2D eigenvalue weighted by Crippen LogP contribution is -2.45. The summed E-state index contributed by atoms with van der Waals surface area (Å²) in [5.74, 6) is 1.88. The molecule has 362 valence electrons. The van der Waals surface area contributed by atoms with Crippen LogP contribution in [0, 0.1) is 29.1 Å². The number of ketones is 2. The van der Waals surface area contributed by atoms with Gasteiger partial charge >= 0.3 is 18.0 Å². The van der Waals surface area contributed by atoms with Crippen LogP contribution in [0.3, 0.4) is 0 Å². The van der Waals surface area contributed by atoms with E-state index < -0.39 is 24.0 Å². The molecule has 7 amide bonds. The van der Waals surface area contributed by atoms with Crippen LogP contribution >= 0.6 is 23.5 Å². The predicted octanol–water partition coefficient (Wildman–Crippen LogP) is 2.68. The Kier molecular flexibility index (Phi) is 29.0. The fourth-order valence-electron chi connectivity index (χ4n) is 5.70. The largest absolute Gasteiger partial charge is 0.481 e. The van der Waals surface area contributed by atoms with Crippen molar-refractivity contribution in [3.63, 3.8) is 0 Å². The van der Waals surface area contributed by atoms with Crippen LogP contribution in [0.15, 0.2) is 35.3 Å². The van der Waals surface area contributed by atoms with Crippen molar-refractivity contribution in [1.82, 2.24) is 30.2 Å². The third-order valence-corrected chi connectivity index (χ3v) is 11.2. The van der Waals surface area contributed by atoms with Gasteiger partial charge in [0.05, 0.1) is 34.7 Å². The number of amides is 7. The highest BCUT2D eigenvalue weighted by Gasteiger charge is 2.31. The maximum atomic E-state index is 12.8. The predicted molar refractivity (Wildman–Crippen MR) is 253 cm³/mol. The van der Waals surface area contributed by atoms with Crippen molar-refractivity contribution >= 4 is 81.7 Å². The summed E-state index contributed by atoms with van der Waals surface area (Å²) < 4.78 is 0. The van der Waals surface area contributed by atoms with E-state index in [9.17, 15) is 48.3 Å². The number of nitrogens with one attached hydrogen (secondary N) is 3. The lowest BCUT2D eigenvalue weighted by molar-refractivity contribution is -0.144. The molecule has 2 aliphatic heterocycles. The number of carbonyl (C=O) groups excluding carboxylic acids is 8. The number of imide groups is 1. The van der Waals surface area contributed by atoms with E-state index in [0.29, 0.717) is 49.4 Å². The van der Waals surface area contributed by atoms with Crippen molar-refractivity contribution in [2.75, 3.05) is 73.0 Å². The molecular weight excluding hydrogens is 881 g/mol. The molecule has 1 aliphatic carbocycles. The molecule has 3 aliphatic rings. The third kappa shape index (κ3) is 24.5. The summed E-state index contributed by atoms with van der Waals surface area (Å²) in [6.07, 6.45) is 12.7. The molecular formula is C44H68N8O11S2. The highest BCUT2D eigenvalue weighted by atomic mass is 32.2. The maximum Gasteiger partial charge on any atom is 0.319 e. The monoisotopic (exact) mass is 948 g/mol. The number of hydrogen-bond acceptors (Lipinski definition) is 14. The van der Waals surface area contributed by atoms with Crippen LogP contribution in [-0.2, 0) is 33.6 Å². The summed E-state index contributed by atoms with van der Waals surface area (Å²) in [5, 5.41) is 30.1. The first-order valence-corrected chi connectivity index (χ1v) is 23.4. The van der Waals surface area contributed by atoms with Crippen LogP contribution in [0.4, 0.5) is 9.59 Å². The van der Waals surface area contributed by atoms with Crippen LogP contribution in [0.2, 0.25) is 0 Å². The first kappa shape index (κ1) is 59.7. The molecule has 0 bridgehead atoms. The van der Waals surface area contributed by atoms with Gasteiger partial charge in [-0.3, -0.25) is 43.4 Å². The van der Waals surface area contributed by atoms with Crippen LogP contribution in [0.1, 0.15) is 72.6 Å². The fraction of sp³-hybridized carbons (Fsp3) is 0.591. The number of Topliss-reactive ketones (excluding diaryl/α,β-unsaturated/α-hetero) is 1. The zero-order chi connectivity index (χ0) is 49.9. The number of likely N-dealkylation sites (N-methyl/N-ethyl adjacent to an activating group) is 3. The zero-order valence-corrected chi connectivity index (χ0v) is 40.7. The van der Waals surface area contributed by atoms with Crippen molar-refractivity contribution in [1.29, 1.82) is 5.41 Å². The van der Waals surface area contributed by atoms with Crippen LogP contribution < -0.4 is 16.4 Å². The highest BCUT2D eigenvalue weighted by Crippen LogP contribution is 2.22. The molecule has 0 aromatic carbocycles. The molecule has 0 saturated carbocycles. The third-order valence-electron chi connectivity index (χ3n) is 9.96. The van der Waals surface area contributed by atoms with E-state index in [0.717, 1.165) is 24.9 Å². The average molecular weight is 949 g/mol. The number of allylic oxidation sites excluding steroid dienone is 4. The number of primary amides is 1. The number of nitrogens with two attached hydrogens (primary N) is 1. The van der Waals surface area contributed by atoms with Gasteiger partial charge in [0.25, 0.3) is 16.9 Å². The number of unbranched alkanes of at least 4 members (excludes halogenated alkanes) is 2. The molecule has 0 aromatic rings. The second kappa shape index (κ2) is 31.6. The van der Waals surface area contributed by atoms with Gasteiger partial charge < -0.3 is 41.8 Å². The Bertz CT molecular complexity index is 1810. The second-order valence-corrected chi connectivity index (χ2v) is 17.5. The molecule has 0 unspecified atom stereocenters. The molecule has 7 N–H and O–H groups in total. The molecule has 0 spiro atoms. The number of aliphatic carboxylic acids is 1. The molecule has 1 saturated heterocycles. The number of carboxylic acids is 1. The number of thioether (sulfide) groups is 2. The highest BCUT2D eigenvalue weighted by molar-refractivity contribution is 8.13. The number of urea groups is 2. The van der Waals surface area contributed by atoms with E-state index in [1.165, 1.54) is 47.0 Å². The number of aliphatic hydroxyl groups is 1. The number of carbonyl (C=O) groups is 9. The van der Waals surface area contributed by atoms with Gasteiger partial charge in [0.1, 0.15) is 0 Å². The van der Waals surface area contributed by atoms with Crippen molar-refractivity contribution < 1.29 is 53.4 Å². The molecule has 21 heteroatoms. The normalized spacial score (nSPS) is 15.2. The first-order valence-electron chi connectivity index (χ1n) is 21.0. The molecule has 0 radical (unpaired) electrons. The topological polar surface area (TPSA) is 281 Å². The molecule has 0 aromatic heterocycles. The van der Waals surface area contributed by atoms with Gasteiger partial charge in [0, 0.05) is 65.7 Å². The fourth-order valence-corrected chi connectivity index (χ4v) is 6.36. The Morgan fingerprint density at radius 1 is 0.969 bits per heavy atom. The Balaban J connectivity index is 0.00000109. The van der Waals surface area contributed by atoms with Gasteiger partial charge in [-0.1, -0.05) is 38.0 Å². The summed E-state index contributed by atoms with van der Waals surface area (Å²) in [5.41, 5.74) is 4.98. The smallest absolute Gasteiger partial charge is 0.319 e. The standard InChI is InChI=1S/C23H36N4O7S.C10H17NO2S.C6H5NO.C5H10N2O/c1-14(2)20(16(28)12-15(22(32)33)8-7-10-25-23(24)34)26-18(29)9-5-4-6-11-27-19(30)13-17(35-3)21(27)31;1-10(2,11(3)7-8-12)6-5-9(13)14-4;7-5-1-3-6(8)4-2-5;1-6-3-4-7(2)5(6)8/h13-15,20H,4-12H2,1-3H3,(H,26,29)(H,32,33)(H3,24,25,34);12H,7-8H2,1-4H3;1-4,7H;3-4H2,1-2H3/t15-,20+;;;/m1.../s1. The van der Waals surface area contributed by atoms with E-state index in [4.69, 9.17) is 16.2 Å². The van der Waals surface area contributed by atoms with E-state index >= 15 is 0 Å². The van der Waals surface area contributed by atoms with Crippen LogP contribution in [-0.4, -0.2) is 173 Å². The summed E-state index contributed by atoms with van der Waals surface area (Å²) in [4.78, 5) is 110. The molecule has 1 fully saturated rings. The number of aliphatic hydroxyl groups excluding tert-OH is 1. The van der Waals surface area contributed by atoms with E-state index in [2.05, 4.69) is 22.5 Å². The Hall–Kier alpha value is -5.30. The maximum absolute atomic E-state index is 12.8. The molecule has 3 rings (SSSR count). The van der Waals surface area contributed by atoms with Gasteiger partial charge in [-0.2, -0.15) is 0 Å². The lowest BCUT2D eigenvalue weighted by Gasteiger charge is -2.29. The minimum absolute atomic E-state index is 0.0407. The van der Waals surface area contributed by atoms with Crippen molar-refractivity contribution in [2.24, 2.45) is 17.6 Å². The average Bonchev–Trinajstić information content (AvgIpc) is 3.70. The minimum atomic E-state index is -1.11. The van der Waals surface area contributed by atoms with Gasteiger partial charge in [0.2, 0.25) is 5.91 Å². The Morgan fingerprint density at radius 2 is 1.57 bits per heavy atom. The molecule has 19 nitrogen and oxygen atoms in total. The minimum Gasteiger partial charge on any atom is -0.481 e. The van der Waals surface area contributed by atoms with Gasteiger partial charge in [-0.15, -0.1) is 11.8 Å². The lowest BCUT2D eigenvalue weighted by atomic mass is 9.90. The number of hydrogen-bond donors (Lipinski definition) is 6. The van der Waals surface area contributed by atoms with Crippen LogP contribution in [0.5, 0.6) is 0 Å². The second-order valence-electron chi connectivity index (χ2n) is 15.8. The SMILES string of the molecule is CN1CCN(C)C1=O.CSC(=O)C#CC(C)(C)N(C)CCO.CSC1=CC(=O)N(CCCCCC(=O)N[C@H](C(=O)C[C@@H](CCCNC(N)=O)C(=O)O)C(C)C)C1=O.N=C1C=CC(=O)C=C1. The first-order chi connectivity index (χ1) is 30.4.